The molecule has 0 radical (unpaired) electrons. The molecule has 0 atom stereocenters. The van der Waals surface area contributed by atoms with E-state index in [-0.39, 0.29) is 0 Å². The lowest BCUT2D eigenvalue weighted by molar-refractivity contribution is 0.162. The van der Waals surface area contributed by atoms with Crippen LogP contribution in [0.25, 0.3) is 22.3 Å². The Morgan fingerprint density at radius 3 is 2.43 bits per heavy atom. The molecule has 0 fully saturated rings. The third-order valence-corrected chi connectivity index (χ3v) is 4.28. The molecule has 0 bridgehead atoms. The lowest BCUT2D eigenvalue weighted by Crippen LogP contribution is -2.13. The molecule has 4 rings (SSSR count). The van der Waals surface area contributed by atoms with Gasteiger partial charge in [-0.2, -0.15) is 0 Å². The fraction of sp³-hybridized carbons (Fsp3) is 0. The van der Waals surface area contributed by atoms with Crippen molar-refractivity contribution in [3.63, 3.8) is 0 Å². The van der Waals surface area contributed by atoms with Crippen LogP contribution in [-0.2, 0) is 4.84 Å². The second kappa shape index (κ2) is 7.98. The Morgan fingerprint density at radius 2 is 1.64 bits per heavy atom. The Morgan fingerprint density at radius 1 is 0.929 bits per heavy atom. The highest BCUT2D eigenvalue weighted by molar-refractivity contribution is 6.30. The van der Waals surface area contributed by atoms with Crippen molar-refractivity contribution < 1.29 is 14.0 Å². The van der Waals surface area contributed by atoms with Crippen LogP contribution in [0.4, 0.5) is 10.5 Å². The molecule has 0 aliphatic carbocycles. The van der Waals surface area contributed by atoms with E-state index in [1.807, 2.05) is 54.6 Å². The number of nitrogens with one attached hydrogen (secondary N) is 1. The van der Waals surface area contributed by atoms with E-state index in [1.54, 1.807) is 30.3 Å². The van der Waals surface area contributed by atoms with E-state index in [0.717, 1.165) is 10.9 Å². The van der Waals surface area contributed by atoms with Gasteiger partial charge < -0.3 is 4.42 Å². The van der Waals surface area contributed by atoms with Crippen molar-refractivity contribution >= 4 is 34.4 Å². The van der Waals surface area contributed by atoms with Crippen molar-refractivity contribution in [1.29, 1.82) is 0 Å². The Bertz CT molecular complexity index is 1190. The Hall–Kier alpha value is -3.57. The van der Waals surface area contributed by atoms with E-state index in [4.69, 9.17) is 20.9 Å². The van der Waals surface area contributed by atoms with Gasteiger partial charge in [0, 0.05) is 27.7 Å². The number of fused-ring (bicyclic) bond motifs is 1. The third kappa shape index (κ3) is 4.05. The maximum absolute atomic E-state index is 12.1. The molecule has 4 aromatic rings. The summed E-state index contributed by atoms with van der Waals surface area (Å²) in [6, 6.07) is 25.5. The average molecular weight is 391 g/mol. The summed E-state index contributed by atoms with van der Waals surface area (Å²) in [5, 5.41) is 8.44. The van der Waals surface area contributed by atoms with E-state index in [2.05, 4.69) is 10.5 Å². The first-order valence-electron chi connectivity index (χ1n) is 8.55. The summed E-state index contributed by atoms with van der Waals surface area (Å²) in [6.45, 7) is 0. The van der Waals surface area contributed by atoms with Gasteiger partial charge in [0.05, 0.1) is 0 Å². The van der Waals surface area contributed by atoms with Crippen LogP contribution in [0.2, 0.25) is 5.02 Å². The first-order chi connectivity index (χ1) is 13.7. The van der Waals surface area contributed by atoms with Gasteiger partial charge in [-0.3, -0.25) is 10.2 Å². The summed E-state index contributed by atoms with van der Waals surface area (Å²) in [4.78, 5) is 17.1. The Kier molecular flexibility index (Phi) is 5.08. The van der Waals surface area contributed by atoms with Crippen LogP contribution in [-0.4, -0.2) is 6.09 Å². The Labute approximate surface area is 165 Å². The number of nitrogens with zero attached hydrogens (tertiary/aromatic N) is 1. The van der Waals surface area contributed by atoms with Crippen LogP contribution in [0.5, 0.6) is 0 Å². The van der Waals surface area contributed by atoms with Gasteiger partial charge in [-0.25, -0.2) is 4.79 Å². The first kappa shape index (κ1) is 17.8. The zero-order chi connectivity index (χ0) is 19.3. The highest BCUT2D eigenvalue weighted by Crippen LogP contribution is 2.21. The number of para-hydroxylation sites is 1. The summed E-state index contributed by atoms with van der Waals surface area (Å²) in [5.41, 5.74) is 2.10. The molecule has 0 saturated carbocycles. The van der Waals surface area contributed by atoms with Crippen LogP contribution >= 0.6 is 11.6 Å². The van der Waals surface area contributed by atoms with Crippen molar-refractivity contribution in [2.24, 2.45) is 5.16 Å². The summed E-state index contributed by atoms with van der Waals surface area (Å²) < 4.78 is 5.97. The molecule has 1 heterocycles. The zero-order valence-electron chi connectivity index (χ0n) is 14.6. The molecule has 0 spiro atoms. The molecule has 5 nitrogen and oxygen atoms in total. The largest absolute Gasteiger partial charge is 0.456 e. The van der Waals surface area contributed by atoms with Crippen LogP contribution in [0.3, 0.4) is 0 Å². The van der Waals surface area contributed by atoms with E-state index in [1.165, 1.54) is 0 Å². The smallest absolute Gasteiger partial charge is 0.437 e. The first-order valence-corrected chi connectivity index (χ1v) is 8.93. The SMILES string of the molecule is O=C(Nc1ccc(Cl)cc1)O/N=c1/cc(-c2ccccc2)oc2ccccc12. The number of carbonyl (C=O) groups is 1. The molecule has 1 N–H and O–H groups in total. The van der Waals surface area contributed by atoms with Gasteiger partial charge in [-0.15, -0.1) is 0 Å². The quantitative estimate of drug-likeness (QED) is 0.354. The van der Waals surface area contributed by atoms with Crippen molar-refractivity contribution in [3.8, 4) is 11.3 Å². The molecule has 28 heavy (non-hydrogen) atoms. The number of anilines is 1. The highest BCUT2D eigenvalue weighted by Gasteiger charge is 2.07. The van der Waals surface area contributed by atoms with E-state index < -0.39 is 6.09 Å². The minimum atomic E-state index is -0.701. The molecule has 3 aromatic carbocycles. The number of amides is 1. The average Bonchev–Trinajstić information content (AvgIpc) is 2.74. The van der Waals surface area contributed by atoms with Crippen molar-refractivity contribution in [1.82, 2.24) is 0 Å². The number of rotatable bonds is 3. The van der Waals surface area contributed by atoms with Crippen molar-refractivity contribution in [3.05, 3.63) is 95.3 Å². The molecule has 0 aliphatic heterocycles. The van der Waals surface area contributed by atoms with Crippen LogP contribution in [0.15, 0.2) is 94.5 Å². The number of benzene rings is 3. The Balaban J connectivity index is 1.66. The molecule has 1 amide bonds. The molecule has 1 aromatic heterocycles. The number of halogens is 1. The lowest BCUT2D eigenvalue weighted by Gasteiger charge is -2.05. The van der Waals surface area contributed by atoms with E-state index in [9.17, 15) is 4.79 Å². The maximum Gasteiger partial charge on any atom is 0.437 e. The van der Waals surface area contributed by atoms with Gasteiger partial charge in [0.2, 0.25) is 0 Å². The topological polar surface area (TPSA) is 63.8 Å². The monoisotopic (exact) mass is 390 g/mol. The summed E-state index contributed by atoms with van der Waals surface area (Å²) >= 11 is 5.84. The highest BCUT2D eigenvalue weighted by atomic mass is 35.5. The third-order valence-electron chi connectivity index (χ3n) is 4.03. The van der Waals surface area contributed by atoms with Gasteiger partial charge >= 0.3 is 6.09 Å². The standard InChI is InChI=1S/C22H15ClN2O3/c23-16-10-12-17(13-11-16)24-22(26)28-25-19-14-21(15-6-2-1-3-7-15)27-20-9-5-4-8-18(19)20/h1-14H,(H,24,26)/b25-19-. The summed E-state index contributed by atoms with van der Waals surface area (Å²) in [6.07, 6.45) is -0.701. The van der Waals surface area contributed by atoms with Crippen molar-refractivity contribution in [2.45, 2.75) is 0 Å². The lowest BCUT2D eigenvalue weighted by atomic mass is 10.1. The zero-order valence-corrected chi connectivity index (χ0v) is 15.4. The van der Waals surface area contributed by atoms with Gasteiger partial charge in [0.25, 0.3) is 0 Å². The molecule has 0 aliphatic rings. The second-order valence-corrected chi connectivity index (χ2v) is 6.40. The fourth-order valence-electron chi connectivity index (χ4n) is 2.70. The van der Waals surface area contributed by atoms with Crippen molar-refractivity contribution in [2.75, 3.05) is 5.32 Å². The summed E-state index contributed by atoms with van der Waals surface area (Å²) in [5.74, 6) is 0.625. The van der Waals surface area contributed by atoms with Crippen LogP contribution < -0.4 is 10.7 Å². The molecule has 0 unspecified atom stereocenters. The summed E-state index contributed by atoms with van der Waals surface area (Å²) in [7, 11) is 0. The van der Waals surface area contributed by atoms with Gasteiger partial charge in [-0.05, 0) is 36.4 Å². The predicted molar refractivity (Wildman–Crippen MR) is 109 cm³/mol. The van der Waals surface area contributed by atoms with E-state index >= 15 is 0 Å². The number of hydrogen-bond acceptors (Lipinski definition) is 4. The fourth-order valence-corrected chi connectivity index (χ4v) is 2.83. The molecule has 6 heteroatoms. The van der Waals surface area contributed by atoms with Gasteiger partial charge in [0.15, 0.2) is 0 Å². The molecule has 138 valence electrons. The minimum Gasteiger partial charge on any atom is -0.456 e. The molecular weight excluding hydrogens is 376 g/mol. The molecule has 0 saturated heterocycles. The van der Waals surface area contributed by atoms with Gasteiger partial charge in [0.1, 0.15) is 16.7 Å². The normalized spacial score (nSPS) is 11.4. The van der Waals surface area contributed by atoms with Gasteiger partial charge in [-0.1, -0.05) is 59.2 Å². The van der Waals surface area contributed by atoms with Crippen LogP contribution in [0, 0.1) is 0 Å². The number of carbonyl (C=O) groups excluding carboxylic acids is 1. The maximum atomic E-state index is 12.1. The van der Waals surface area contributed by atoms with Crippen LogP contribution in [0.1, 0.15) is 0 Å². The van der Waals surface area contributed by atoms with E-state index in [0.29, 0.717) is 27.4 Å². The minimum absolute atomic E-state index is 0.493. The predicted octanol–water partition coefficient (Wildman–Crippen LogP) is 5.82. The number of hydrogen-bond donors (Lipinski definition) is 1. The molecular formula is C22H15ClN2O3. The second-order valence-electron chi connectivity index (χ2n) is 5.96.